The van der Waals surface area contributed by atoms with Gasteiger partial charge in [-0.15, -0.1) is 0 Å². The standard InChI is InChI=1S/C10H18FNO/c11-8-9-1-6-13-10(7-9)2-4-12-5-3-10/h9,12H,1-8H2. The van der Waals surface area contributed by atoms with Crippen molar-refractivity contribution in [2.75, 3.05) is 26.4 Å². The first-order valence-electron chi connectivity index (χ1n) is 5.25. The van der Waals surface area contributed by atoms with Crippen LogP contribution in [-0.4, -0.2) is 32.0 Å². The fourth-order valence-corrected chi connectivity index (χ4v) is 2.49. The highest BCUT2D eigenvalue weighted by molar-refractivity contribution is 4.90. The highest BCUT2D eigenvalue weighted by atomic mass is 19.1. The average Bonchev–Trinajstić information content (AvgIpc) is 2.19. The van der Waals surface area contributed by atoms with Crippen molar-refractivity contribution >= 4 is 0 Å². The topological polar surface area (TPSA) is 21.3 Å². The Labute approximate surface area is 78.8 Å². The minimum Gasteiger partial charge on any atom is -0.375 e. The molecule has 0 aliphatic carbocycles. The van der Waals surface area contributed by atoms with Crippen LogP contribution in [0.4, 0.5) is 4.39 Å². The van der Waals surface area contributed by atoms with Crippen molar-refractivity contribution in [2.45, 2.75) is 31.3 Å². The number of hydrogen-bond donors (Lipinski definition) is 1. The molecular weight excluding hydrogens is 169 g/mol. The monoisotopic (exact) mass is 187 g/mol. The number of nitrogens with one attached hydrogen (secondary N) is 1. The number of hydrogen-bond acceptors (Lipinski definition) is 2. The van der Waals surface area contributed by atoms with Gasteiger partial charge in [0, 0.05) is 6.61 Å². The molecular formula is C10H18FNO. The molecule has 2 nitrogen and oxygen atoms in total. The molecule has 2 fully saturated rings. The normalized spacial score (nSPS) is 33.5. The van der Waals surface area contributed by atoms with Gasteiger partial charge in [0.1, 0.15) is 0 Å². The largest absolute Gasteiger partial charge is 0.375 e. The molecule has 0 aromatic heterocycles. The molecule has 1 spiro atoms. The highest BCUT2D eigenvalue weighted by Gasteiger charge is 2.38. The molecule has 0 aromatic rings. The van der Waals surface area contributed by atoms with E-state index < -0.39 is 0 Å². The molecule has 0 bridgehead atoms. The molecule has 2 heterocycles. The summed E-state index contributed by atoms with van der Waals surface area (Å²) in [7, 11) is 0. The fourth-order valence-electron chi connectivity index (χ4n) is 2.49. The third-order valence-corrected chi connectivity index (χ3v) is 3.33. The third kappa shape index (κ3) is 2.02. The Hall–Kier alpha value is -0.150. The zero-order chi connectivity index (χ0) is 9.15. The Balaban J connectivity index is 1.95. The Morgan fingerprint density at radius 1 is 1.38 bits per heavy atom. The van der Waals surface area contributed by atoms with Gasteiger partial charge in [-0.05, 0) is 44.7 Å². The van der Waals surface area contributed by atoms with E-state index >= 15 is 0 Å². The van der Waals surface area contributed by atoms with Crippen LogP contribution in [0.5, 0.6) is 0 Å². The summed E-state index contributed by atoms with van der Waals surface area (Å²) in [6.45, 7) is 2.64. The predicted molar refractivity (Wildman–Crippen MR) is 49.5 cm³/mol. The summed E-state index contributed by atoms with van der Waals surface area (Å²) < 4.78 is 18.4. The van der Waals surface area contributed by atoms with Crippen LogP contribution in [0.3, 0.4) is 0 Å². The molecule has 0 aromatic carbocycles. The van der Waals surface area contributed by atoms with E-state index in [1.54, 1.807) is 0 Å². The molecule has 2 aliphatic heterocycles. The van der Waals surface area contributed by atoms with Crippen LogP contribution in [-0.2, 0) is 4.74 Å². The summed E-state index contributed by atoms with van der Waals surface area (Å²) in [5.41, 5.74) is 0.0280. The van der Waals surface area contributed by atoms with Gasteiger partial charge in [-0.25, -0.2) is 0 Å². The molecule has 3 heteroatoms. The molecule has 0 saturated carbocycles. The number of piperidine rings is 1. The van der Waals surface area contributed by atoms with E-state index in [0.29, 0.717) is 0 Å². The van der Waals surface area contributed by atoms with Crippen LogP contribution < -0.4 is 5.32 Å². The van der Waals surface area contributed by atoms with Gasteiger partial charge in [-0.2, -0.15) is 0 Å². The van der Waals surface area contributed by atoms with E-state index in [-0.39, 0.29) is 18.2 Å². The van der Waals surface area contributed by atoms with Crippen molar-refractivity contribution in [3.63, 3.8) is 0 Å². The highest BCUT2D eigenvalue weighted by Crippen LogP contribution is 2.35. The van der Waals surface area contributed by atoms with Crippen LogP contribution in [0.2, 0.25) is 0 Å². The lowest BCUT2D eigenvalue weighted by molar-refractivity contribution is -0.115. The molecule has 13 heavy (non-hydrogen) atoms. The Kier molecular flexibility index (Phi) is 2.84. The maximum Gasteiger partial charge on any atom is 0.0924 e. The molecule has 1 N–H and O–H groups in total. The van der Waals surface area contributed by atoms with Gasteiger partial charge < -0.3 is 10.1 Å². The van der Waals surface area contributed by atoms with Crippen molar-refractivity contribution in [3.8, 4) is 0 Å². The van der Waals surface area contributed by atoms with Crippen LogP contribution in [0.25, 0.3) is 0 Å². The SMILES string of the molecule is FCC1CCOC2(CCNCC2)C1. The van der Waals surface area contributed by atoms with Gasteiger partial charge in [0.15, 0.2) is 0 Å². The number of halogens is 1. The van der Waals surface area contributed by atoms with Crippen LogP contribution >= 0.6 is 0 Å². The molecule has 0 amide bonds. The first-order chi connectivity index (χ1) is 6.35. The van der Waals surface area contributed by atoms with E-state index in [9.17, 15) is 4.39 Å². The minimum atomic E-state index is -0.168. The van der Waals surface area contributed by atoms with Gasteiger partial charge in [0.25, 0.3) is 0 Å². The van der Waals surface area contributed by atoms with Gasteiger partial charge >= 0.3 is 0 Å². The second kappa shape index (κ2) is 3.93. The lowest BCUT2D eigenvalue weighted by Crippen LogP contribution is -2.48. The Morgan fingerprint density at radius 3 is 2.85 bits per heavy atom. The van der Waals surface area contributed by atoms with Crippen molar-refractivity contribution in [1.82, 2.24) is 5.32 Å². The molecule has 0 radical (unpaired) electrons. The Morgan fingerprint density at radius 2 is 2.15 bits per heavy atom. The van der Waals surface area contributed by atoms with Crippen LogP contribution in [0, 0.1) is 5.92 Å². The number of alkyl halides is 1. The van der Waals surface area contributed by atoms with Crippen molar-refractivity contribution in [3.05, 3.63) is 0 Å². The van der Waals surface area contributed by atoms with Gasteiger partial charge in [0.05, 0.1) is 12.3 Å². The molecule has 1 unspecified atom stereocenters. The van der Waals surface area contributed by atoms with Crippen molar-refractivity contribution in [2.24, 2.45) is 5.92 Å². The van der Waals surface area contributed by atoms with Crippen LogP contribution in [0.1, 0.15) is 25.7 Å². The summed E-state index contributed by atoms with van der Waals surface area (Å²) in [5, 5.41) is 3.32. The van der Waals surface area contributed by atoms with E-state index in [1.807, 2.05) is 0 Å². The summed E-state index contributed by atoms with van der Waals surface area (Å²) in [6, 6.07) is 0. The summed E-state index contributed by atoms with van der Waals surface area (Å²) in [6.07, 6.45) is 3.96. The van der Waals surface area contributed by atoms with Gasteiger partial charge in [-0.3, -0.25) is 4.39 Å². The van der Waals surface area contributed by atoms with E-state index in [2.05, 4.69) is 5.32 Å². The summed E-state index contributed by atoms with van der Waals surface area (Å²) >= 11 is 0. The summed E-state index contributed by atoms with van der Waals surface area (Å²) in [5.74, 6) is 0.256. The average molecular weight is 187 g/mol. The minimum absolute atomic E-state index is 0.0280. The molecule has 1 atom stereocenters. The molecule has 2 aliphatic rings. The third-order valence-electron chi connectivity index (χ3n) is 3.33. The molecule has 2 saturated heterocycles. The lowest BCUT2D eigenvalue weighted by Gasteiger charge is -2.43. The first-order valence-corrected chi connectivity index (χ1v) is 5.25. The molecule has 2 rings (SSSR count). The molecule has 76 valence electrons. The maximum absolute atomic E-state index is 12.5. The van der Waals surface area contributed by atoms with Crippen LogP contribution in [0.15, 0.2) is 0 Å². The number of ether oxygens (including phenoxy) is 1. The smallest absolute Gasteiger partial charge is 0.0924 e. The second-order valence-electron chi connectivity index (χ2n) is 4.29. The zero-order valence-electron chi connectivity index (χ0n) is 8.02. The first kappa shape index (κ1) is 9.41. The fraction of sp³-hybridized carbons (Fsp3) is 1.00. The van der Waals surface area contributed by atoms with Crippen molar-refractivity contribution < 1.29 is 9.13 Å². The van der Waals surface area contributed by atoms with E-state index in [4.69, 9.17) is 4.74 Å². The zero-order valence-corrected chi connectivity index (χ0v) is 8.02. The lowest BCUT2D eigenvalue weighted by atomic mass is 9.80. The maximum atomic E-state index is 12.5. The summed E-state index contributed by atoms with van der Waals surface area (Å²) in [4.78, 5) is 0. The van der Waals surface area contributed by atoms with Crippen molar-refractivity contribution in [1.29, 1.82) is 0 Å². The predicted octanol–water partition coefficient (Wildman–Crippen LogP) is 1.50. The second-order valence-corrected chi connectivity index (χ2v) is 4.29. The van der Waals surface area contributed by atoms with E-state index in [0.717, 1.165) is 45.4 Å². The quantitative estimate of drug-likeness (QED) is 0.671. The van der Waals surface area contributed by atoms with Gasteiger partial charge in [0.2, 0.25) is 0 Å². The van der Waals surface area contributed by atoms with E-state index in [1.165, 1.54) is 0 Å². The van der Waals surface area contributed by atoms with Gasteiger partial charge in [-0.1, -0.05) is 0 Å². The Bertz CT molecular complexity index is 163. The number of rotatable bonds is 1.